The van der Waals surface area contributed by atoms with Gasteiger partial charge in [0.15, 0.2) is 6.04 Å². The van der Waals surface area contributed by atoms with Crippen molar-refractivity contribution in [1.29, 1.82) is 0 Å². The molecule has 0 aromatic heterocycles. The van der Waals surface area contributed by atoms with Crippen molar-refractivity contribution < 1.29 is 18.0 Å². The Morgan fingerprint density at radius 3 is 2.00 bits per heavy atom. The molecule has 2 aliphatic heterocycles. The molecular formula is C26H34F3N5O. The lowest BCUT2D eigenvalue weighted by atomic mass is 10.1. The molecule has 2 fully saturated rings. The number of likely N-dealkylation sites (N-methyl/N-ethyl adjacent to an activating group) is 1. The number of hydrogen-bond donors (Lipinski definition) is 2. The fourth-order valence-electron chi connectivity index (χ4n) is 4.60. The molecular weight excluding hydrogens is 455 g/mol. The van der Waals surface area contributed by atoms with E-state index in [2.05, 4.69) is 32.6 Å². The van der Waals surface area contributed by atoms with Crippen LogP contribution in [0.2, 0.25) is 0 Å². The molecule has 0 saturated carbocycles. The van der Waals surface area contributed by atoms with Crippen molar-refractivity contribution >= 4 is 23.0 Å². The summed E-state index contributed by atoms with van der Waals surface area (Å²) in [6, 6.07) is 12.1. The topological polar surface area (TPSA) is 50.9 Å². The summed E-state index contributed by atoms with van der Waals surface area (Å²) in [7, 11) is 1.99. The van der Waals surface area contributed by atoms with Crippen molar-refractivity contribution in [3.8, 4) is 0 Å². The Kier molecular flexibility index (Phi) is 8.18. The van der Waals surface area contributed by atoms with Crippen molar-refractivity contribution in [2.24, 2.45) is 0 Å². The number of hydrogen-bond acceptors (Lipinski definition) is 5. The molecule has 0 bridgehead atoms. The van der Waals surface area contributed by atoms with Gasteiger partial charge in [0.2, 0.25) is 5.91 Å². The number of rotatable bonds is 7. The summed E-state index contributed by atoms with van der Waals surface area (Å²) in [6.45, 7) is 5.03. The number of carbonyl (C=O) groups excluding carboxylic acids is 1. The van der Waals surface area contributed by atoms with E-state index in [4.69, 9.17) is 0 Å². The largest absolute Gasteiger partial charge is 0.412 e. The minimum Gasteiger partial charge on any atom is -0.372 e. The zero-order valence-corrected chi connectivity index (χ0v) is 20.2. The standard InChI is InChI=1S/C26H34F3N5O/c1-32-15-17-33(18-16-32)19-24(35)31-25(26(27,28)29)20-5-7-21(8-6-20)30-22-9-11-23(12-10-22)34-13-3-2-4-14-34/h5-12,25,30H,2-4,13-19H2,1H3,(H,31,35). The van der Waals surface area contributed by atoms with Crippen LogP contribution in [-0.2, 0) is 4.79 Å². The Morgan fingerprint density at radius 1 is 0.857 bits per heavy atom. The Bertz CT molecular complexity index is 950. The molecule has 35 heavy (non-hydrogen) atoms. The van der Waals surface area contributed by atoms with E-state index in [1.165, 1.54) is 37.1 Å². The summed E-state index contributed by atoms with van der Waals surface area (Å²) in [4.78, 5) is 18.8. The van der Waals surface area contributed by atoms with Gasteiger partial charge in [-0.05, 0) is 68.3 Å². The summed E-state index contributed by atoms with van der Waals surface area (Å²) in [5.74, 6) is -0.618. The summed E-state index contributed by atoms with van der Waals surface area (Å²) in [6.07, 6.45) is -0.887. The molecule has 4 rings (SSSR count). The second kappa shape index (κ2) is 11.3. The first-order valence-electron chi connectivity index (χ1n) is 12.3. The summed E-state index contributed by atoms with van der Waals surface area (Å²) < 4.78 is 41.3. The lowest BCUT2D eigenvalue weighted by Crippen LogP contribution is -2.49. The molecule has 6 nitrogen and oxygen atoms in total. The van der Waals surface area contributed by atoms with Crippen molar-refractivity contribution in [2.75, 3.05) is 63.1 Å². The number of carbonyl (C=O) groups is 1. The maximum atomic E-state index is 13.8. The predicted octanol–water partition coefficient (Wildman–Crippen LogP) is 4.39. The highest BCUT2D eigenvalue weighted by atomic mass is 19.4. The van der Waals surface area contributed by atoms with Crippen LogP contribution in [0, 0.1) is 0 Å². The first kappa shape index (κ1) is 25.3. The summed E-state index contributed by atoms with van der Waals surface area (Å²) in [5.41, 5.74) is 2.75. The molecule has 2 saturated heterocycles. The van der Waals surface area contributed by atoms with E-state index in [-0.39, 0.29) is 12.1 Å². The van der Waals surface area contributed by atoms with Gasteiger partial charge < -0.3 is 20.4 Å². The second-order valence-electron chi connectivity index (χ2n) is 9.46. The molecule has 0 aliphatic carbocycles. The molecule has 2 heterocycles. The van der Waals surface area contributed by atoms with E-state index < -0.39 is 18.1 Å². The highest BCUT2D eigenvalue weighted by Gasteiger charge is 2.42. The van der Waals surface area contributed by atoms with E-state index in [0.29, 0.717) is 18.8 Å². The Labute approximate surface area is 205 Å². The maximum Gasteiger partial charge on any atom is 0.412 e. The van der Waals surface area contributed by atoms with Gasteiger partial charge in [-0.25, -0.2) is 0 Å². The van der Waals surface area contributed by atoms with Crippen LogP contribution in [-0.4, -0.2) is 74.7 Å². The Balaban J connectivity index is 1.36. The molecule has 9 heteroatoms. The van der Waals surface area contributed by atoms with Crippen molar-refractivity contribution in [2.45, 2.75) is 31.5 Å². The summed E-state index contributed by atoms with van der Waals surface area (Å²) >= 11 is 0. The van der Waals surface area contributed by atoms with Crippen molar-refractivity contribution in [3.63, 3.8) is 0 Å². The molecule has 2 aromatic rings. The first-order valence-corrected chi connectivity index (χ1v) is 12.3. The third-order valence-corrected chi connectivity index (χ3v) is 6.72. The Hall–Kier alpha value is -2.78. The second-order valence-corrected chi connectivity index (χ2v) is 9.46. The van der Waals surface area contributed by atoms with E-state index in [1.54, 1.807) is 12.1 Å². The third-order valence-electron chi connectivity index (χ3n) is 6.72. The number of amides is 1. The minimum atomic E-state index is -4.59. The number of piperazine rings is 1. The molecule has 1 unspecified atom stereocenters. The van der Waals surface area contributed by atoms with Gasteiger partial charge in [0.1, 0.15) is 0 Å². The zero-order valence-electron chi connectivity index (χ0n) is 20.2. The van der Waals surface area contributed by atoms with E-state index in [0.717, 1.165) is 31.9 Å². The minimum absolute atomic E-state index is 0.00947. The number of alkyl halides is 3. The number of nitrogens with one attached hydrogen (secondary N) is 2. The molecule has 190 valence electrons. The first-order chi connectivity index (χ1) is 16.8. The number of anilines is 3. The molecule has 1 amide bonds. The molecule has 1 atom stereocenters. The maximum absolute atomic E-state index is 13.8. The molecule has 2 aliphatic rings. The van der Waals surface area contributed by atoms with Crippen LogP contribution in [0.1, 0.15) is 30.9 Å². The van der Waals surface area contributed by atoms with Crippen LogP contribution in [0.15, 0.2) is 48.5 Å². The van der Waals surface area contributed by atoms with E-state index in [1.807, 2.05) is 24.1 Å². The quantitative estimate of drug-likeness (QED) is 0.604. The average Bonchev–Trinajstić information content (AvgIpc) is 2.85. The van der Waals surface area contributed by atoms with Crippen molar-refractivity contribution in [1.82, 2.24) is 15.1 Å². The number of nitrogens with zero attached hydrogens (tertiary/aromatic N) is 3. The molecule has 2 aromatic carbocycles. The van der Waals surface area contributed by atoms with Gasteiger partial charge in [-0.15, -0.1) is 0 Å². The highest BCUT2D eigenvalue weighted by Crippen LogP contribution is 2.33. The van der Waals surface area contributed by atoms with Gasteiger partial charge in [0.05, 0.1) is 6.54 Å². The average molecular weight is 490 g/mol. The van der Waals surface area contributed by atoms with Gasteiger partial charge in [-0.1, -0.05) is 12.1 Å². The SMILES string of the molecule is CN1CCN(CC(=O)NC(c2ccc(Nc3ccc(N4CCCCC4)cc3)cc2)C(F)(F)F)CC1. The Morgan fingerprint density at radius 2 is 1.43 bits per heavy atom. The number of piperidine rings is 1. The number of halogens is 3. The van der Waals surface area contributed by atoms with E-state index in [9.17, 15) is 18.0 Å². The zero-order chi connectivity index (χ0) is 24.8. The van der Waals surface area contributed by atoms with Gasteiger partial charge >= 0.3 is 6.18 Å². The van der Waals surface area contributed by atoms with Crippen LogP contribution >= 0.6 is 0 Å². The van der Waals surface area contributed by atoms with Gasteiger partial charge in [0, 0.05) is 56.3 Å². The third kappa shape index (κ3) is 7.11. The van der Waals surface area contributed by atoms with Crippen LogP contribution in [0.5, 0.6) is 0 Å². The number of benzene rings is 2. The van der Waals surface area contributed by atoms with Crippen LogP contribution < -0.4 is 15.5 Å². The van der Waals surface area contributed by atoms with Gasteiger partial charge in [-0.2, -0.15) is 13.2 Å². The molecule has 2 N–H and O–H groups in total. The van der Waals surface area contributed by atoms with Gasteiger partial charge in [-0.3, -0.25) is 9.69 Å². The monoisotopic (exact) mass is 489 g/mol. The fourth-order valence-corrected chi connectivity index (χ4v) is 4.60. The highest BCUT2D eigenvalue weighted by molar-refractivity contribution is 5.78. The predicted molar refractivity (Wildman–Crippen MR) is 133 cm³/mol. The van der Waals surface area contributed by atoms with E-state index >= 15 is 0 Å². The fraction of sp³-hybridized carbons (Fsp3) is 0.500. The normalized spacial score (nSPS) is 18.8. The summed E-state index contributed by atoms with van der Waals surface area (Å²) in [5, 5.41) is 5.43. The molecule has 0 spiro atoms. The van der Waals surface area contributed by atoms with Gasteiger partial charge in [0.25, 0.3) is 0 Å². The lowest BCUT2D eigenvalue weighted by molar-refractivity contribution is -0.163. The molecule has 0 radical (unpaired) electrons. The smallest absolute Gasteiger partial charge is 0.372 e. The van der Waals surface area contributed by atoms with Crippen molar-refractivity contribution in [3.05, 3.63) is 54.1 Å². The lowest BCUT2D eigenvalue weighted by Gasteiger charge is -2.32. The van der Waals surface area contributed by atoms with Crippen LogP contribution in [0.4, 0.5) is 30.2 Å². The van der Waals surface area contributed by atoms with Crippen LogP contribution in [0.25, 0.3) is 0 Å². The van der Waals surface area contributed by atoms with Crippen LogP contribution in [0.3, 0.4) is 0 Å².